The zero-order valence-corrected chi connectivity index (χ0v) is 19.2. The Morgan fingerprint density at radius 2 is 1.09 bits per heavy atom. The van der Waals surface area contributed by atoms with Gasteiger partial charge in [-0.1, -0.05) is 61.2 Å². The van der Waals surface area contributed by atoms with E-state index < -0.39 is 0 Å². The summed E-state index contributed by atoms with van der Waals surface area (Å²) in [6.07, 6.45) is 0. The van der Waals surface area contributed by atoms with Crippen molar-refractivity contribution in [2.45, 2.75) is 0 Å². The summed E-state index contributed by atoms with van der Waals surface area (Å²) < 4.78 is 0. The Morgan fingerprint density at radius 1 is 0.625 bits per heavy atom. The van der Waals surface area contributed by atoms with Gasteiger partial charge in [0.05, 0.1) is 22.1 Å². The minimum Gasteiger partial charge on any atom is -0.338 e. The number of H-pyrrole nitrogens is 2. The summed E-state index contributed by atoms with van der Waals surface area (Å²) in [6, 6.07) is 21.8. The first kappa shape index (κ1) is 19.4. The van der Waals surface area contributed by atoms with Crippen molar-refractivity contribution in [2.24, 2.45) is 0 Å². The van der Waals surface area contributed by atoms with Crippen LogP contribution in [-0.2, 0) is 0 Å². The number of fused-ring (bicyclic) bond motifs is 6. The third kappa shape index (κ3) is 3.15. The molecule has 2 unspecified atom stereocenters. The van der Waals surface area contributed by atoms with Gasteiger partial charge in [0.15, 0.2) is 0 Å². The van der Waals surface area contributed by atoms with E-state index in [0.29, 0.717) is 17.2 Å². The van der Waals surface area contributed by atoms with E-state index >= 15 is 0 Å². The SMILES string of the molecule is C=CPc1nc2c(ccc3cc(-c4ccc5c(ccc6[nH]c(PC=C)nc65)c4)ccc32)[nH]1. The fourth-order valence-corrected chi connectivity index (χ4v) is 5.45. The smallest absolute Gasteiger partial charge is 0.130 e. The average Bonchev–Trinajstić information content (AvgIpc) is 3.42. The highest BCUT2D eigenvalue weighted by molar-refractivity contribution is 7.50. The van der Waals surface area contributed by atoms with Gasteiger partial charge in [-0.05, 0) is 63.3 Å². The van der Waals surface area contributed by atoms with Crippen LogP contribution in [0.15, 0.2) is 85.5 Å². The van der Waals surface area contributed by atoms with Crippen molar-refractivity contribution >= 4 is 71.9 Å². The van der Waals surface area contributed by atoms with Crippen molar-refractivity contribution in [3.8, 4) is 11.1 Å². The maximum absolute atomic E-state index is 4.79. The molecule has 0 spiro atoms. The quantitative estimate of drug-likeness (QED) is 0.303. The molecule has 2 heterocycles. The van der Waals surface area contributed by atoms with Gasteiger partial charge < -0.3 is 9.97 Å². The molecule has 0 aliphatic heterocycles. The molecule has 2 aromatic heterocycles. The topological polar surface area (TPSA) is 57.4 Å². The van der Waals surface area contributed by atoms with Crippen LogP contribution in [0.3, 0.4) is 0 Å². The first-order valence-electron chi connectivity index (χ1n) is 10.3. The molecule has 0 saturated heterocycles. The van der Waals surface area contributed by atoms with E-state index in [1.54, 1.807) is 0 Å². The highest BCUT2D eigenvalue weighted by Gasteiger charge is 2.10. The lowest BCUT2D eigenvalue weighted by atomic mass is 9.98. The van der Waals surface area contributed by atoms with Gasteiger partial charge in [-0.3, -0.25) is 0 Å². The minimum absolute atomic E-state index is 0.487. The molecule has 6 rings (SSSR count). The Labute approximate surface area is 188 Å². The molecule has 154 valence electrons. The maximum atomic E-state index is 4.79. The van der Waals surface area contributed by atoms with Crippen LogP contribution >= 0.6 is 17.2 Å². The van der Waals surface area contributed by atoms with Crippen LogP contribution in [-0.4, -0.2) is 19.9 Å². The van der Waals surface area contributed by atoms with Gasteiger partial charge in [-0.15, -0.1) is 0 Å². The fourth-order valence-electron chi connectivity index (χ4n) is 4.29. The molecule has 2 N–H and O–H groups in total. The molecule has 32 heavy (non-hydrogen) atoms. The van der Waals surface area contributed by atoms with Crippen molar-refractivity contribution < 1.29 is 0 Å². The van der Waals surface area contributed by atoms with E-state index in [4.69, 9.17) is 9.97 Å². The molecule has 4 nitrogen and oxygen atoms in total. The maximum Gasteiger partial charge on any atom is 0.130 e. The van der Waals surface area contributed by atoms with Gasteiger partial charge in [0.25, 0.3) is 0 Å². The molecule has 2 atom stereocenters. The number of hydrogen-bond acceptors (Lipinski definition) is 2. The monoisotopic (exact) mass is 450 g/mol. The van der Waals surface area contributed by atoms with Crippen LogP contribution in [0.5, 0.6) is 0 Å². The standard InChI is InChI=1S/C26H20N4P2/c1-3-31-25-27-21-11-7-17-13-15(5-9-19(17)23(21)29-25)16-6-10-20-18(14-16)8-12-22-24(20)30-26(28-22)32-4-2/h3-14,31-32H,1-2H2,(H,27,29)(H,28,30). The summed E-state index contributed by atoms with van der Waals surface area (Å²) in [5.74, 6) is 3.80. The molecule has 0 bridgehead atoms. The predicted molar refractivity (Wildman–Crippen MR) is 142 cm³/mol. The van der Waals surface area contributed by atoms with E-state index in [9.17, 15) is 0 Å². The second kappa shape index (κ2) is 7.67. The zero-order chi connectivity index (χ0) is 21.7. The molecule has 0 aliphatic rings. The van der Waals surface area contributed by atoms with E-state index in [2.05, 4.69) is 83.8 Å². The van der Waals surface area contributed by atoms with Crippen molar-refractivity contribution in [1.82, 2.24) is 19.9 Å². The highest BCUT2D eigenvalue weighted by atomic mass is 31.1. The van der Waals surface area contributed by atoms with Crippen LogP contribution in [0.2, 0.25) is 0 Å². The molecule has 0 fully saturated rings. The van der Waals surface area contributed by atoms with Crippen LogP contribution in [0.25, 0.3) is 54.7 Å². The van der Waals surface area contributed by atoms with E-state index in [1.165, 1.54) is 21.9 Å². The zero-order valence-electron chi connectivity index (χ0n) is 17.2. The second-order valence-corrected chi connectivity index (χ2v) is 10.0. The number of rotatable bonds is 5. The molecule has 0 amide bonds. The summed E-state index contributed by atoms with van der Waals surface area (Å²) in [5.41, 5.74) is 8.52. The minimum atomic E-state index is 0.487. The number of aromatic nitrogens is 4. The van der Waals surface area contributed by atoms with Crippen molar-refractivity contribution in [1.29, 1.82) is 0 Å². The predicted octanol–water partition coefficient (Wildman–Crippen LogP) is 6.31. The van der Waals surface area contributed by atoms with Crippen LogP contribution in [0, 0.1) is 0 Å². The molecule has 6 heteroatoms. The van der Waals surface area contributed by atoms with Crippen molar-refractivity contribution in [3.63, 3.8) is 0 Å². The highest BCUT2D eigenvalue weighted by Crippen LogP contribution is 2.32. The largest absolute Gasteiger partial charge is 0.338 e. The van der Waals surface area contributed by atoms with E-state index in [0.717, 1.165) is 44.0 Å². The third-order valence-corrected chi connectivity index (χ3v) is 7.18. The van der Waals surface area contributed by atoms with Crippen molar-refractivity contribution in [2.75, 3.05) is 0 Å². The van der Waals surface area contributed by atoms with Crippen LogP contribution in [0.1, 0.15) is 0 Å². The summed E-state index contributed by atoms with van der Waals surface area (Å²) in [4.78, 5) is 16.4. The van der Waals surface area contributed by atoms with E-state index in [1.807, 2.05) is 11.6 Å². The summed E-state index contributed by atoms with van der Waals surface area (Å²) in [5, 5.41) is 4.70. The molecule has 4 aromatic carbocycles. The Morgan fingerprint density at radius 3 is 1.53 bits per heavy atom. The Bertz CT molecular complexity index is 1550. The number of nitrogens with one attached hydrogen (secondary N) is 2. The number of benzene rings is 4. The lowest BCUT2D eigenvalue weighted by Gasteiger charge is -2.07. The molecule has 0 radical (unpaired) electrons. The first-order valence-corrected chi connectivity index (χ1v) is 12.5. The van der Waals surface area contributed by atoms with E-state index in [-0.39, 0.29) is 0 Å². The number of aromatic amines is 2. The summed E-state index contributed by atoms with van der Waals surface area (Å²) in [7, 11) is 0.973. The Balaban J connectivity index is 1.45. The Hall–Kier alpha value is -3.32. The third-order valence-electron chi connectivity index (χ3n) is 5.75. The van der Waals surface area contributed by atoms with Gasteiger partial charge in [0.2, 0.25) is 0 Å². The average molecular weight is 450 g/mol. The fraction of sp³-hybridized carbons (Fsp3) is 0. The molecular weight excluding hydrogens is 430 g/mol. The number of hydrogen-bond donors (Lipinski definition) is 2. The van der Waals surface area contributed by atoms with Crippen LogP contribution in [0.4, 0.5) is 0 Å². The molecule has 6 aromatic rings. The molecule has 0 aliphatic carbocycles. The Kier molecular flexibility index (Phi) is 4.64. The van der Waals surface area contributed by atoms with Gasteiger partial charge in [-0.2, -0.15) is 0 Å². The summed E-state index contributed by atoms with van der Waals surface area (Å²) >= 11 is 0. The lowest BCUT2D eigenvalue weighted by molar-refractivity contribution is 1.45. The molecular formula is C26H20N4P2. The molecule has 0 saturated carbocycles. The first-order chi connectivity index (χ1) is 15.7. The van der Waals surface area contributed by atoms with Gasteiger partial charge in [-0.25, -0.2) is 9.97 Å². The van der Waals surface area contributed by atoms with Crippen LogP contribution < -0.4 is 11.1 Å². The number of nitrogens with zero attached hydrogens (tertiary/aromatic N) is 2. The second-order valence-electron chi connectivity index (χ2n) is 7.66. The van der Waals surface area contributed by atoms with Crippen molar-refractivity contribution in [3.05, 3.63) is 85.5 Å². The normalized spacial score (nSPS) is 12.4. The number of imidazole rings is 2. The lowest BCUT2D eigenvalue weighted by Crippen LogP contribution is -1.95. The summed E-state index contributed by atoms with van der Waals surface area (Å²) in [6.45, 7) is 7.65. The van der Waals surface area contributed by atoms with Gasteiger partial charge in [0.1, 0.15) is 11.1 Å². The van der Waals surface area contributed by atoms with Gasteiger partial charge >= 0.3 is 0 Å². The van der Waals surface area contributed by atoms with Gasteiger partial charge in [0, 0.05) is 10.8 Å².